The molecule has 0 atom stereocenters. The Hall–Kier alpha value is -6.85. The van der Waals surface area contributed by atoms with Crippen molar-refractivity contribution in [2.24, 2.45) is 0 Å². The van der Waals surface area contributed by atoms with Crippen molar-refractivity contribution in [3.05, 3.63) is 199 Å². The summed E-state index contributed by atoms with van der Waals surface area (Å²) in [7, 11) is -10.5. The van der Waals surface area contributed by atoms with Gasteiger partial charge in [0.2, 0.25) is 25.1 Å². The van der Waals surface area contributed by atoms with Gasteiger partial charge in [0.15, 0.2) is 0 Å². The smallest absolute Gasteiger partial charge is 0.744 e. The van der Waals surface area contributed by atoms with Crippen molar-refractivity contribution in [3.8, 4) is 69.8 Å². The first kappa shape index (κ1) is 58.8. The predicted octanol–water partition coefficient (Wildman–Crippen LogP) is 9.84. The molecule has 0 saturated heterocycles. The van der Waals surface area contributed by atoms with Gasteiger partial charge in [0, 0.05) is 12.1 Å². The fourth-order valence-electron chi connectivity index (χ4n) is 7.84. The molecule has 0 radical (unpaired) electrons. The molecule has 0 N–H and O–H groups in total. The Morgan fingerprint density at radius 2 is 0.718 bits per heavy atom. The molecule has 0 aliphatic carbocycles. The summed E-state index contributed by atoms with van der Waals surface area (Å²) in [6.07, 6.45) is -6.36. The van der Waals surface area contributed by atoms with Gasteiger partial charge in [-0.25, -0.2) is 25.3 Å². The van der Waals surface area contributed by atoms with Gasteiger partial charge in [-0.2, -0.15) is 26.3 Å². The number of hydrogen-bond acceptors (Lipinski definition) is 13. The van der Waals surface area contributed by atoms with E-state index in [9.17, 15) is 29.8 Å². The molecule has 0 bridgehead atoms. The van der Waals surface area contributed by atoms with E-state index in [1.54, 1.807) is 18.2 Å². The standard InChI is InChI=1S/C55H38F6O13S3.K/c1-4-35-33-45(22-31-50(35)70-3)73-42-17-27-48(28-18-42)75(62,63)46-23-13-40(14-24-46)71-38-9-5-36(6-10-38)53(54(56,57)58,55(59,60)61)37-7-11-39(12-8-37)72-41-15-25-47(26-16-41)76(64,65)49-29-19-43(20-30-49)74-51-32-21-44(69-2)34-52(51)77(66,67)68;/h1,5-34H,2-3H3,(H,66,67,68);/q;+1/p-1. The van der Waals surface area contributed by atoms with Gasteiger partial charge < -0.3 is 33.0 Å². The number of alkyl halides is 6. The van der Waals surface area contributed by atoms with Crippen LogP contribution in [0.25, 0.3) is 0 Å². The third-order valence-corrected chi connectivity index (χ3v) is 16.1. The molecule has 396 valence electrons. The van der Waals surface area contributed by atoms with Gasteiger partial charge in [-0.3, -0.25) is 0 Å². The van der Waals surface area contributed by atoms with E-state index in [1.807, 2.05) is 0 Å². The zero-order chi connectivity index (χ0) is 55.6. The van der Waals surface area contributed by atoms with Crippen LogP contribution in [-0.2, 0) is 35.2 Å². The number of benzene rings is 8. The number of rotatable bonds is 17. The monoisotopic (exact) mass is 1150 g/mol. The molecule has 0 unspecified atom stereocenters. The molecule has 8 aromatic carbocycles. The van der Waals surface area contributed by atoms with Gasteiger partial charge in [-0.1, -0.05) is 30.2 Å². The molecular weight excluding hydrogens is 1120 g/mol. The second-order valence-electron chi connectivity index (χ2n) is 16.4. The van der Waals surface area contributed by atoms with Crippen molar-refractivity contribution >= 4 is 29.8 Å². The maximum Gasteiger partial charge on any atom is 1.00 e. The number of halogens is 6. The molecule has 23 heteroatoms. The summed E-state index contributed by atoms with van der Waals surface area (Å²) in [5.74, 6) is 2.99. The summed E-state index contributed by atoms with van der Waals surface area (Å²) in [5, 5.41) is 0. The zero-order valence-corrected chi connectivity index (χ0v) is 46.3. The molecule has 0 fully saturated rings. The third kappa shape index (κ3) is 12.4. The Morgan fingerprint density at radius 3 is 1.04 bits per heavy atom. The minimum atomic E-state index is -5.94. The first-order valence-corrected chi connectivity index (χ1v) is 26.5. The van der Waals surface area contributed by atoms with Crippen LogP contribution in [0.4, 0.5) is 26.3 Å². The predicted molar refractivity (Wildman–Crippen MR) is 265 cm³/mol. The maximum atomic E-state index is 15.1. The number of sulfone groups is 2. The van der Waals surface area contributed by atoms with Gasteiger partial charge >= 0.3 is 63.7 Å². The largest absolute Gasteiger partial charge is 1.00 e. The Labute approximate surface area is 486 Å². The van der Waals surface area contributed by atoms with Crippen molar-refractivity contribution in [2.75, 3.05) is 14.2 Å². The van der Waals surface area contributed by atoms with E-state index in [0.29, 0.717) is 47.1 Å². The van der Waals surface area contributed by atoms with Crippen molar-refractivity contribution in [2.45, 2.75) is 42.2 Å². The Morgan fingerprint density at radius 1 is 0.410 bits per heavy atom. The summed E-state index contributed by atoms with van der Waals surface area (Å²) < 4.78 is 212. The van der Waals surface area contributed by atoms with Crippen LogP contribution in [0.1, 0.15) is 16.7 Å². The molecule has 0 aliphatic heterocycles. The summed E-state index contributed by atoms with van der Waals surface area (Å²) >= 11 is 0. The van der Waals surface area contributed by atoms with Crippen LogP contribution < -0.4 is 79.8 Å². The van der Waals surface area contributed by atoms with E-state index >= 15 is 26.3 Å². The summed E-state index contributed by atoms with van der Waals surface area (Å²) in [5.41, 5.74) is -6.50. The molecule has 0 aromatic heterocycles. The van der Waals surface area contributed by atoms with E-state index in [1.165, 1.54) is 99.1 Å². The molecule has 0 amide bonds. The molecule has 0 spiro atoms. The Bertz CT molecular complexity index is 3820. The number of hydrogen-bond donors (Lipinski definition) is 0. The second-order valence-corrected chi connectivity index (χ2v) is 21.6. The molecule has 13 nitrogen and oxygen atoms in total. The average molecular weight is 1160 g/mol. The first-order valence-electron chi connectivity index (χ1n) is 22.1. The minimum Gasteiger partial charge on any atom is -0.744 e. The summed E-state index contributed by atoms with van der Waals surface area (Å²) in [6.45, 7) is 0. The normalized spacial score (nSPS) is 12.1. The number of terminal acetylenes is 1. The fourth-order valence-corrected chi connectivity index (χ4v) is 11.0. The molecular formula is C55H37F6KO13S3. The molecule has 8 rings (SSSR count). The summed E-state index contributed by atoms with van der Waals surface area (Å²) in [6, 6.07) is 34.4. The third-order valence-electron chi connectivity index (χ3n) is 11.6. The van der Waals surface area contributed by atoms with Crippen molar-refractivity contribution < 1.29 is 136 Å². The fraction of sp³-hybridized carbons (Fsp3) is 0.0909. The number of ether oxygens (including phenoxy) is 6. The molecule has 78 heavy (non-hydrogen) atoms. The van der Waals surface area contributed by atoms with Crippen LogP contribution >= 0.6 is 0 Å². The molecule has 0 aliphatic rings. The Kier molecular flexibility index (Phi) is 17.5. The van der Waals surface area contributed by atoms with Crippen LogP contribution in [-0.4, -0.2) is 56.4 Å². The van der Waals surface area contributed by atoms with Gasteiger partial charge in [0.1, 0.15) is 72.5 Å². The van der Waals surface area contributed by atoms with Crippen LogP contribution in [0, 0.1) is 12.3 Å². The van der Waals surface area contributed by atoms with E-state index in [2.05, 4.69) is 5.92 Å². The molecule has 0 saturated carbocycles. The van der Waals surface area contributed by atoms with Gasteiger partial charge in [-0.05, 0) is 157 Å². The van der Waals surface area contributed by atoms with Crippen molar-refractivity contribution in [1.82, 2.24) is 0 Å². The van der Waals surface area contributed by atoms with Crippen LogP contribution in [0.2, 0.25) is 0 Å². The maximum absolute atomic E-state index is 15.1. The Balaban J connectivity index is 0.00000882. The quantitative estimate of drug-likeness (QED) is 0.0364. The first-order chi connectivity index (χ1) is 36.4. The van der Waals surface area contributed by atoms with E-state index in [4.69, 9.17) is 34.8 Å². The zero-order valence-electron chi connectivity index (χ0n) is 40.7. The van der Waals surface area contributed by atoms with Crippen molar-refractivity contribution in [1.29, 1.82) is 0 Å². The SMILES string of the molecule is C#Cc1cc(Oc2ccc(S(=O)(=O)c3ccc(Oc4ccc(C(c5ccc(Oc6ccc(S(=O)(=O)c7ccc(Oc8ccc(OC)cc8S(=O)(=O)[O-])cc7)cc6)cc5)(C(F)(F)F)C(F)(F)F)cc4)cc3)cc2)ccc1OC.[K+]. The molecule has 8 aromatic rings. The van der Waals surface area contributed by atoms with Crippen LogP contribution in [0.5, 0.6) is 57.5 Å². The average Bonchev–Trinajstić information content (AvgIpc) is 3.49. The van der Waals surface area contributed by atoms with Crippen LogP contribution in [0.3, 0.4) is 0 Å². The topological polar surface area (TPSA) is 181 Å². The number of methoxy groups -OCH3 is 2. The van der Waals surface area contributed by atoms with E-state index in [-0.39, 0.29) is 111 Å². The van der Waals surface area contributed by atoms with Gasteiger partial charge in [0.05, 0.1) is 39.4 Å². The second kappa shape index (κ2) is 23.2. The van der Waals surface area contributed by atoms with E-state index < -0.39 is 63.6 Å². The van der Waals surface area contributed by atoms with Crippen molar-refractivity contribution in [3.63, 3.8) is 0 Å². The van der Waals surface area contributed by atoms with Gasteiger partial charge in [0.25, 0.3) is 0 Å². The summed E-state index contributed by atoms with van der Waals surface area (Å²) in [4.78, 5) is -1.40. The van der Waals surface area contributed by atoms with E-state index in [0.717, 1.165) is 54.6 Å². The molecule has 0 heterocycles. The van der Waals surface area contributed by atoms with Crippen LogP contribution in [0.15, 0.2) is 206 Å². The van der Waals surface area contributed by atoms with Gasteiger partial charge in [-0.15, -0.1) is 6.42 Å². The minimum absolute atomic E-state index is 0.